The maximum Gasteiger partial charge on any atom is 0.272 e. The summed E-state index contributed by atoms with van der Waals surface area (Å²) in [7, 11) is 3.87. The Balaban J connectivity index is 2.14. The smallest absolute Gasteiger partial charge is 0.272 e. The molecule has 0 aliphatic rings. The summed E-state index contributed by atoms with van der Waals surface area (Å²) in [6.07, 6.45) is 2.19. The van der Waals surface area contributed by atoms with E-state index in [1.807, 2.05) is 43.3 Å². The first-order valence-electron chi connectivity index (χ1n) is 5.82. The maximum atomic E-state index is 12.0. The lowest BCUT2D eigenvalue weighted by atomic mass is 10.2. The summed E-state index contributed by atoms with van der Waals surface area (Å²) in [5, 5.41) is 2.78. The highest BCUT2D eigenvalue weighted by Crippen LogP contribution is 2.17. The molecule has 0 fully saturated rings. The van der Waals surface area contributed by atoms with Crippen LogP contribution in [0.3, 0.4) is 0 Å². The van der Waals surface area contributed by atoms with E-state index in [1.165, 1.54) is 12.3 Å². The van der Waals surface area contributed by atoms with Crippen molar-refractivity contribution in [3.63, 3.8) is 0 Å². The van der Waals surface area contributed by atoms with Crippen LogP contribution in [0.1, 0.15) is 20.8 Å². The van der Waals surface area contributed by atoms with Crippen molar-refractivity contribution in [3.8, 4) is 0 Å². The van der Waals surface area contributed by atoms with E-state index in [0.717, 1.165) is 5.69 Å². The number of benzene rings is 1. The van der Waals surface area contributed by atoms with Crippen molar-refractivity contribution in [1.29, 1.82) is 0 Å². The van der Waals surface area contributed by atoms with Gasteiger partial charge < -0.3 is 15.2 Å². The number of aldehydes is 1. The fourth-order valence-corrected chi connectivity index (χ4v) is 1.67. The van der Waals surface area contributed by atoms with Gasteiger partial charge in [0, 0.05) is 37.2 Å². The van der Waals surface area contributed by atoms with Gasteiger partial charge in [-0.3, -0.25) is 9.59 Å². The van der Waals surface area contributed by atoms with Gasteiger partial charge in [0.1, 0.15) is 5.69 Å². The summed E-state index contributed by atoms with van der Waals surface area (Å²) >= 11 is 0. The molecular formula is C14H15N3O2. The van der Waals surface area contributed by atoms with Crippen LogP contribution < -0.4 is 10.2 Å². The molecule has 0 saturated carbocycles. The molecule has 0 unspecified atom stereocenters. The molecule has 2 rings (SSSR count). The van der Waals surface area contributed by atoms with Crippen molar-refractivity contribution in [3.05, 3.63) is 47.8 Å². The lowest BCUT2D eigenvalue weighted by Crippen LogP contribution is -2.13. The highest BCUT2D eigenvalue weighted by Gasteiger charge is 2.09. The topological polar surface area (TPSA) is 65.2 Å². The minimum Gasteiger partial charge on any atom is -0.378 e. The molecule has 19 heavy (non-hydrogen) atoms. The zero-order chi connectivity index (χ0) is 13.8. The molecule has 0 radical (unpaired) electrons. The summed E-state index contributed by atoms with van der Waals surface area (Å²) in [5.74, 6) is -0.274. The molecule has 5 heteroatoms. The number of rotatable bonds is 4. The van der Waals surface area contributed by atoms with Crippen LogP contribution in [0, 0.1) is 0 Å². The number of carbonyl (C=O) groups is 2. The Labute approximate surface area is 111 Å². The molecule has 1 aromatic heterocycles. The second kappa shape index (κ2) is 5.39. The molecule has 1 amide bonds. The molecule has 0 bridgehead atoms. The number of nitrogens with zero attached hydrogens (tertiary/aromatic N) is 1. The Morgan fingerprint density at radius 1 is 1.32 bits per heavy atom. The van der Waals surface area contributed by atoms with Gasteiger partial charge in [-0.25, -0.2) is 0 Å². The van der Waals surface area contributed by atoms with Crippen molar-refractivity contribution in [2.45, 2.75) is 0 Å². The van der Waals surface area contributed by atoms with Crippen LogP contribution >= 0.6 is 0 Å². The quantitative estimate of drug-likeness (QED) is 0.825. The molecule has 2 N–H and O–H groups in total. The van der Waals surface area contributed by atoms with Gasteiger partial charge in [-0.05, 0) is 24.3 Å². The van der Waals surface area contributed by atoms with E-state index in [1.54, 1.807) is 0 Å². The number of hydrogen-bond donors (Lipinski definition) is 2. The third-order valence-corrected chi connectivity index (χ3v) is 2.71. The minimum absolute atomic E-state index is 0.274. The number of H-pyrrole nitrogens is 1. The fraction of sp³-hybridized carbons (Fsp3) is 0.143. The molecule has 2 aromatic rings. The van der Waals surface area contributed by atoms with Crippen molar-refractivity contribution in [2.24, 2.45) is 0 Å². The van der Waals surface area contributed by atoms with Gasteiger partial charge in [0.25, 0.3) is 5.91 Å². The van der Waals surface area contributed by atoms with Gasteiger partial charge in [0.15, 0.2) is 6.29 Å². The average molecular weight is 257 g/mol. The third-order valence-electron chi connectivity index (χ3n) is 2.71. The Morgan fingerprint density at radius 2 is 2.11 bits per heavy atom. The van der Waals surface area contributed by atoms with Gasteiger partial charge in [0.2, 0.25) is 0 Å². The Bertz CT molecular complexity index is 602. The number of hydrogen-bond acceptors (Lipinski definition) is 3. The minimum atomic E-state index is -0.274. The van der Waals surface area contributed by atoms with Crippen LogP contribution in [0.15, 0.2) is 36.5 Å². The van der Waals surface area contributed by atoms with Gasteiger partial charge >= 0.3 is 0 Å². The van der Waals surface area contributed by atoms with Crippen molar-refractivity contribution in [2.75, 3.05) is 24.3 Å². The predicted octanol–water partition coefficient (Wildman–Crippen LogP) is 2.15. The molecule has 0 saturated heterocycles. The normalized spacial score (nSPS) is 10.0. The largest absolute Gasteiger partial charge is 0.378 e. The molecule has 5 nitrogen and oxygen atoms in total. The van der Waals surface area contributed by atoms with Gasteiger partial charge in [-0.1, -0.05) is 6.07 Å². The summed E-state index contributed by atoms with van der Waals surface area (Å²) in [5.41, 5.74) is 2.51. The van der Waals surface area contributed by atoms with Crippen LogP contribution in [0.5, 0.6) is 0 Å². The Morgan fingerprint density at radius 3 is 2.74 bits per heavy atom. The molecule has 1 aromatic carbocycles. The molecule has 0 atom stereocenters. The Kier molecular flexibility index (Phi) is 3.66. The molecule has 0 aliphatic carbocycles. The van der Waals surface area contributed by atoms with E-state index >= 15 is 0 Å². The van der Waals surface area contributed by atoms with Crippen LogP contribution in [0.2, 0.25) is 0 Å². The zero-order valence-electron chi connectivity index (χ0n) is 10.8. The second-order valence-corrected chi connectivity index (χ2v) is 4.36. The van der Waals surface area contributed by atoms with E-state index in [0.29, 0.717) is 23.2 Å². The number of amides is 1. The summed E-state index contributed by atoms with van der Waals surface area (Å²) < 4.78 is 0. The van der Waals surface area contributed by atoms with Crippen LogP contribution in [-0.2, 0) is 0 Å². The lowest BCUT2D eigenvalue weighted by Gasteiger charge is -2.13. The predicted molar refractivity (Wildman–Crippen MR) is 74.9 cm³/mol. The zero-order valence-corrected chi connectivity index (χ0v) is 10.8. The van der Waals surface area contributed by atoms with Gasteiger partial charge in [-0.2, -0.15) is 0 Å². The van der Waals surface area contributed by atoms with Crippen LogP contribution in [-0.4, -0.2) is 31.3 Å². The number of aromatic nitrogens is 1. The maximum absolute atomic E-state index is 12.0. The summed E-state index contributed by atoms with van der Waals surface area (Å²) in [6, 6.07) is 9.03. The van der Waals surface area contributed by atoms with Crippen molar-refractivity contribution < 1.29 is 9.59 Å². The first-order valence-corrected chi connectivity index (χ1v) is 5.82. The summed E-state index contributed by atoms with van der Waals surface area (Å²) in [6.45, 7) is 0. The monoisotopic (exact) mass is 257 g/mol. The van der Waals surface area contributed by atoms with Crippen LogP contribution in [0.25, 0.3) is 0 Å². The fourth-order valence-electron chi connectivity index (χ4n) is 1.67. The standard InChI is InChI=1S/C14H15N3O2/c1-17(2)12-5-3-4-11(7-12)16-14(19)13-6-10(9-18)8-15-13/h3-9,15H,1-2H3,(H,16,19). The van der Waals surface area contributed by atoms with Crippen molar-refractivity contribution >= 4 is 23.6 Å². The van der Waals surface area contributed by atoms with Crippen molar-refractivity contribution in [1.82, 2.24) is 4.98 Å². The second-order valence-electron chi connectivity index (χ2n) is 4.36. The first kappa shape index (κ1) is 12.9. The van der Waals surface area contributed by atoms with E-state index in [-0.39, 0.29) is 5.91 Å². The average Bonchev–Trinajstić information content (AvgIpc) is 2.88. The third kappa shape index (κ3) is 3.01. The molecule has 0 spiro atoms. The number of carbonyl (C=O) groups excluding carboxylic acids is 2. The van der Waals surface area contributed by atoms with E-state index in [2.05, 4.69) is 10.3 Å². The molecule has 98 valence electrons. The highest BCUT2D eigenvalue weighted by molar-refractivity contribution is 6.04. The first-order chi connectivity index (χ1) is 9.10. The summed E-state index contributed by atoms with van der Waals surface area (Å²) in [4.78, 5) is 27.2. The molecular weight excluding hydrogens is 242 g/mol. The SMILES string of the molecule is CN(C)c1cccc(NC(=O)c2cc(C=O)c[nH]2)c1. The van der Waals surface area contributed by atoms with E-state index in [4.69, 9.17) is 0 Å². The lowest BCUT2D eigenvalue weighted by molar-refractivity contribution is 0.102. The number of nitrogens with one attached hydrogen (secondary N) is 2. The van der Waals surface area contributed by atoms with E-state index in [9.17, 15) is 9.59 Å². The van der Waals surface area contributed by atoms with Crippen LogP contribution in [0.4, 0.5) is 11.4 Å². The number of anilines is 2. The van der Waals surface area contributed by atoms with E-state index < -0.39 is 0 Å². The number of aromatic amines is 1. The Hall–Kier alpha value is -2.56. The highest BCUT2D eigenvalue weighted by atomic mass is 16.2. The molecule has 1 heterocycles. The van der Waals surface area contributed by atoms with Gasteiger partial charge in [0.05, 0.1) is 0 Å². The molecule has 0 aliphatic heterocycles. The van der Waals surface area contributed by atoms with Gasteiger partial charge in [-0.15, -0.1) is 0 Å².